The van der Waals surface area contributed by atoms with E-state index >= 15 is 0 Å². The van der Waals surface area contributed by atoms with Crippen molar-refractivity contribution >= 4 is 46.6 Å². The molecule has 0 saturated carbocycles. The molecule has 6 nitrogen and oxygen atoms in total. The van der Waals surface area contributed by atoms with Crippen LogP contribution in [0.15, 0.2) is 113 Å². The molecule has 0 amide bonds. The molecule has 0 bridgehead atoms. The van der Waals surface area contributed by atoms with E-state index in [2.05, 4.69) is 5.16 Å². The molecule has 0 spiro atoms. The van der Waals surface area contributed by atoms with Crippen LogP contribution in [0.1, 0.15) is 39.6 Å². The zero-order chi connectivity index (χ0) is 27.6. The van der Waals surface area contributed by atoms with Gasteiger partial charge >= 0.3 is 5.97 Å². The second-order valence-corrected chi connectivity index (χ2v) is 9.95. The lowest BCUT2D eigenvalue weighted by Crippen LogP contribution is -2.16. The molecule has 0 N–H and O–H groups in total. The zero-order valence-electron chi connectivity index (χ0n) is 21.0. The lowest BCUT2D eigenvalue weighted by atomic mass is 10.0. The Morgan fingerprint density at radius 3 is 1.90 bits per heavy atom. The van der Waals surface area contributed by atoms with Gasteiger partial charge in [-0.05, 0) is 72.8 Å². The summed E-state index contributed by atoms with van der Waals surface area (Å²) in [4.78, 5) is 42.8. The van der Waals surface area contributed by atoms with E-state index in [1.165, 1.54) is 18.7 Å². The molecule has 0 aromatic heterocycles. The van der Waals surface area contributed by atoms with Gasteiger partial charge in [0.05, 0.1) is 0 Å². The van der Waals surface area contributed by atoms with Crippen LogP contribution in [0.5, 0.6) is 11.5 Å². The first kappa shape index (κ1) is 27.8. The molecule has 0 aliphatic carbocycles. The number of nitrogens with zero attached hydrogens (tertiary/aromatic N) is 1. The molecule has 196 valence electrons. The molecule has 8 heteroatoms. The molecule has 4 rings (SSSR count). The Kier molecular flexibility index (Phi) is 9.67. The van der Waals surface area contributed by atoms with Gasteiger partial charge in [0.1, 0.15) is 17.2 Å². The lowest BCUT2D eigenvalue weighted by Gasteiger charge is -2.09. The van der Waals surface area contributed by atoms with Crippen molar-refractivity contribution in [2.45, 2.75) is 18.2 Å². The third-order valence-electron chi connectivity index (χ3n) is 5.47. The van der Waals surface area contributed by atoms with E-state index in [-0.39, 0.29) is 17.3 Å². The highest BCUT2D eigenvalue weighted by atomic mass is 35.5. The summed E-state index contributed by atoms with van der Waals surface area (Å²) in [6.45, 7) is 1.23. The number of benzene rings is 4. The number of ketones is 2. The van der Waals surface area contributed by atoms with Gasteiger partial charge in [-0.2, -0.15) is 0 Å². The molecule has 0 atom stereocenters. The Labute approximate surface area is 235 Å². The molecule has 0 fully saturated rings. The van der Waals surface area contributed by atoms with Crippen molar-refractivity contribution in [2.24, 2.45) is 5.16 Å². The Balaban J connectivity index is 1.39. The van der Waals surface area contributed by atoms with Crippen molar-refractivity contribution in [3.8, 4) is 11.5 Å². The second kappa shape index (κ2) is 13.6. The highest BCUT2D eigenvalue weighted by molar-refractivity contribution is 7.99. The summed E-state index contributed by atoms with van der Waals surface area (Å²) < 4.78 is 5.88. The number of halogens is 1. The minimum atomic E-state index is -0.606. The Bertz CT molecular complexity index is 1470. The average Bonchev–Trinajstić information content (AvgIpc) is 2.96. The van der Waals surface area contributed by atoms with Gasteiger partial charge in [-0.3, -0.25) is 9.59 Å². The van der Waals surface area contributed by atoms with Crippen LogP contribution in [-0.2, 0) is 9.63 Å². The van der Waals surface area contributed by atoms with Crippen LogP contribution in [0.3, 0.4) is 0 Å². The van der Waals surface area contributed by atoms with E-state index in [1.807, 2.05) is 30.3 Å². The third-order valence-corrected chi connectivity index (χ3v) is 6.74. The monoisotopic (exact) mass is 557 g/mol. The normalized spacial score (nSPS) is 11.1. The Hall–Kier alpha value is -4.20. The summed E-state index contributed by atoms with van der Waals surface area (Å²) in [5.74, 6) is 0.606. The standard InChI is InChI=1S/C31H24ClNO5S/c1-21(34)38-33-29(19-20-39-28-17-11-25(32)12-18-28)31(36)24-9-15-27(16-10-24)37-26-13-7-23(8-14-26)30(35)22-5-3-2-4-6-22/h2-18H,19-20H2,1H3. The van der Waals surface area contributed by atoms with Crippen molar-refractivity contribution in [2.75, 3.05) is 5.75 Å². The number of hydrogen-bond donors (Lipinski definition) is 0. The van der Waals surface area contributed by atoms with Crippen LogP contribution in [0.25, 0.3) is 0 Å². The first-order valence-electron chi connectivity index (χ1n) is 12.0. The summed E-state index contributed by atoms with van der Waals surface area (Å²) in [5, 5.41) is 4.45. The number of ether oxygens (including phenoxy) is 1. The smallest absolute Gasteiger partial charge is 0.331 e. The van der Waals surface area contributed by atoms with Crippen LogP contribution in [-0.4, -0.2) is 29.0 Å². The highest BCUT2D eigenvalue weighted by Gasteiger charge is 2.16. The first-order valence-corrected chi connectivity index (χ1v) is 13.4. The molecule has 0 aliphatic heterocycles. The van der Waals surface area contributed by atoms with E-state index in [4.69, 9.17) is 21.2 Å². The molecule has 0 aliphatic rings. The summed E-state index contributed by atoms with van der Waals surface area (Å²) in [5.41, 5.74) is 1.70. The summed E-state index contributed by atoms with van der Waals surface area (Å²) >= 11 is 7.46. The molecule has 0 saturated heterocycles. The van der Waals surface area contributed by atoms with Crippen molar-refractivity contribution in [3.63, 3.8) is 0 Å². The van der Waals surface area contributed by atoms with Crippen LogP contribution in [0.4, 0.5) is 0 Å². The number of rotatable bonds is 11. The number of Topliss-reactive ketones (excluding diaryl/α,β-unsaturated/α-hetero) is 1. The second-order valence-electron chi connectivity index (χ2n) is 8.35. The maximum Gasteiger partial charge on any atom is 0.331 e. The Morgan fingerprint density at radius 2 is 1.31 bits per heavy atom. The van der Waals surface area contributed by atoms with E-state index in [1.54, 1.807) is 72.8 Å². The minimum Gasteiger partial charge on any atom is -0.457 e. The molecule has 39 heavy (non-hydrogen) atoms. The van der Waals surface area contributed by atoms with Gasteiger partial charge in [0, 0.05) is 45.7 Å². The maximum atomic E-state index is 13.1. The largest absolute Gasteiger partial charge is 0.457 e. The molecule has 4 aromatic carbocycles. The lowest BCUT2D eigenvalue weighted by molar-refractivity contribution is -0.140. The number of thioether (sulfide) groups is 1. The fourth-order valence-corrected chi connectivity index (χ4v) is 4.51. The number of oxime groups is 1. The molecule has 0 heterocycles. The predicted molar refractivity (Wildman–Crippen MR) is 153 cm³/mol. The van der Waals surface area contributed by atoms with E-state index < -0.39 is 5.97 Å². The number of hydrogen-bond acceptors (Lipinski definition) is 7. The Morgan fingerprint density at radius 1 is 0.744 bits per heavy atom. The van der Waals surface area contributed by atoms with Gasteiger partial charge in [-0.15, -0.1) is 11.8 Å². The third kappa shape index (κ3) is 8.14. The van der Waals surface area contributed by atoms with E-state index in [0.29, 0.717) is 45.4 Å². The van der Waals surface area contributed by atoms with Gasteiger partial charge in [-0.25, -0.2) is 4.79 Å². The van der Waals surface area contributed by atoms with Crippen LogP contribution >= 0.6 is 23.4 Å². The zero-order valence-corrected chi connectivity index (χ0v) is 22.6. The average molecular weight is 558 g/mol. The first-order chi connectivity index (χ1) is 18.9. The SMILES string of the molecule is CC(=O)ON=C(CCSc1ccc(Cl)cc1)C(=O)c1ccc(Oc2ccc(C(=O)c3ccccc3)cc2)cc1. The summed E-state index contributed by atoms with van der Waals surface area (Å²) in [6.07, 6.45) is 0.297. The van der Waals surface area contributed by atoms with Crippen LogP contribution in [0.2, 0.25) is 5.02 Å². The van der Waals surface area contributed by atoms with Gasteiger partial charge < -0.3 is 9.57 Å². The quantitative estimate of drug-likeness (QED) is 0.0619. The fraction of sp³-hybridized carbons (Fsp3) is 0.0968. The van der Waals surface area contributed by atoms with Crippen LogP contribution < -0.4 is 4.74 Å². The number of carbonyl (C=O) groups is 3. The van der Waals surface area contributed by atoms with Crippen molar-refractivity contribution < 1.29 is 24.0 Å². The van der Waals surface area contributed by atoms with Gasteiger partial charge in [0.2, 0.25) is 5.78 Å². The summed E-state index contributed by atoms with van der Waals surface area (Å²) in [7, 11) is 0. The molecule has 0 radical (unpaired) electrons. The van der Waals surface area contributed by atoms with Gasteiger partial charge in [-0.1, -0.05) is 47.1 Å². The van der Waals surface area contributed by atoms with Crippen molar-refractivity contribution in [1.82, 2.24) is 0 Å². The topological polar surface area (TPSA) is 82.0 Å². The van der Waals surface area contributed by atoms with Gasteiger partial charge in [0.15, 0.2) is 5.78 Å². The predicted octanol–water partition coefficient (Wildman–Crippen LogP) is 7.65. The van der Waals surface area contributed by atoms with Crippen LogP contribution in [0, 0.1) is 0 Å². The molecular formula is C31H24ClNO5S. The fourth-order valence-electron chi connectivity index (χ4n) is 3.52. The molecule has 0 unspecified atom stereocenters. The van der Waals surface area contributed by atoms with E-state index in [0.717, 1.165) is 4.90 Å². The van der Waals surface area contributed by atoms with Gasteiger partial charge in [0.25, 0.3) is 0 Å². The maximum absolute atomic E-state index is 13.1. The minimum absolute atomic E-state index is 0.0669. The van der Waals surface area contributed by atoms with Crippen molar-refractivity contribution in [1.29, 1.82) is 0 Å². The molecule has 4 aromatic rings. The van der Waals surface area contributed by atoms with Crippen molar-refractivity contribution in [3.05, 3.63) is 125 Å². The number of carbonyl (C=O) groups excluding carboxylic acids is 3. The van der Waals surface area contributed by atoms with E-state index in [9.17, 15) is 14.4 Å². The summed E-state index contributed by atoms with van der Waals surface area (Å²) in [6, 6.07) is 29.9. The molecular weight excluding hydrogens is 534 g/mol. The highest BCUT2D eigenvalue weighted by Crippen LogP contribution is 2.24.